The first kappa shape index (κ1) is 10.2. The second-order valence-corrected chi connectivity index (χ2v) is 3.44. The number of aliphatic carboxylic acids is 1. The molecule has 1 aliphatic heterocycles. The predicted octanol–water partition coefficient (Wildman–Crippen LogP) is -2.28. The summed E-state index contributed by atoms with van der Waals surface area (Å²) in [7, 11) is 0. The van der Waals surface area contributed by atoms with Crippen molar-refractivity contribution in [2.45, 2.75) is 25.4 Å². The van der Waals surface area contributed by atoms with Crippen LogP contribution in [0.2, 0.25) is 0 Å². The van der Waals surface area contributed by atoms with Crippen LogP contribution in [0.25, 0.3) is 0 Å². The van der Waals surface area contributed by atoms with Crippen molar-refractivity contribution in [3.05, 3.63) is 0 Å². The second-order valence-electron chi connectivity index (χ2n) is 3.03. The molecule has 1 fully saturated rings. The Kier molecular flexibility index (Phi) is 3.02. The Labute approximate surface area is 81.0 Å². The van der Waals surface area contributed by atoms with Crippen molar-refractivity contribution in [1.82, 2.24) is 21.7 Å². The van der Waals surface area contributed by atoms with Crippen LogP contribution in [0.1, 0.15) is 19.8 Å². The molecule has 0 saturated carbocycles. The number of hydrogen-bond donors (Lipinski definition) is 4. The second kappa shape index (κ2) is 3.86. The van der Waals surface area contributed by atoms with Gasteiger partial charge >= 0.3 is 0 Å². The molecule has 0 unspecified atom stereocenters. The van der Waals surface area contributed by atoms with Crippen LogP contribution < -0.4 is 26.8 Å². The average molecular weight is 203 g/mol. The molecule has 0 atom stereocenters. The van der Waals surface area contributed by atoms with E-state index in [0.29, 0.717) is 11.5 Å². The van der Waals surface area contributed by atoms with Crippen LogP contribution in [0.4, 0.5) is 0 Å². The third kappa shape index (κ3) is 3.13. The van der Waals surface area contributed by atoms with Crippen LogP contribution in [0, 0.1) is 0 Å². The number of rotatable bonds is 3. The number of carbonyl (C=O) groups is 1. The van der Waals surface area contributed by atoms with Crippen molar-refractivity contribution in [1.29, 1.82) is 0 Å². The van der Waals surface area contributed by atoms with E-state index in [1.807, 2.05) is 0 Å². The topological polar surface area (TPSA) is 88.2 Å². The summed E-state index contributed by atoms with van der Waals surface area (Å²) in [5.74, 6) is -1.07. The molecule has 6 nitrogen and oxygen atoms in total. The number of hydrogen-bond acceptors (Lipinski definition) is 5. The third-order valence-corrected chi connectivity index (χ3v) is 1.94. The number of carboxylic acid groups (broad SMARTS) is 1. The van der Waals surface area contributed by atoms with Crippen LogP contribution in [-0.4, -0.2) is 16.7 Å². The lowest BCUT2D eigenvalue weighted by molar-refractivity contribution is -0.306. The minimum atomic E-state index is -1.07. The van der Waals surface area contributed by atoms with Gasteiger partial charge in [0, 0.05) is 5.97 Å². The van der Waals surface area contributed by atoms with Gasteiger partial charge < -0.3 is 9.90 Å². The molecule has 0 aromatic heterocycles. The van der Waals surface area contributed by atoms with Gasteiger partial charge in [-0.15, -0.1) is 0 Å². The lowest BCUT2D eigenvalue weighted by Crippen LogP contribution is -2.72. The van der Waals surface area contributed by atoms with Crippen LogP contribution in [-0.2, 0) is 4.79 Å². The summed E-state index contributed by atoms with van der Waals surface area (Å²) in [4.78, 5) is 10.2. The van der Waals surface area contributed by atoms with Gasteiger partial charge in [-0.3, -0.25) is 10.9 Å². The van der Waals surface area contributed by atoms with Crippen LogP contribution in [0.5, 0.6) is 0 Å². The van der Waals surface area contributed by atoms with Crippen molar-refractivity contribution in [2.24, 2.45) is 0 Å². The van der Waals surface area contributed by atoms with Gasteiger partial charge in [-0.25, -0.2) is 10.9 Å². The molecule has 1 aliphatic rings. The van der Waals surface area contributed by atoms with Gasteiger partial charge in [0.05, 0.1) is 0 Å². The lowest BCUT2D eigenvalue weighted by atomic mass is 10.1. The van der Waals surface area contributed by atoms with Crippen molar-refractivity contribution in [3.63, 3.8) is 0 Å². The van der Waals surface area contributed by atoms with Crippen molar-refractivity contribution >= 4 is 23.3 Å². The Morgan fingerprint density at radius 1 is 1.54 bits per heavy atom. The smallest absolute Gasteiger partial charge is 0.195 e. The molecule has 0 radical (unpaired) electrons. The van der Waals surface area contributed by atoms with Crippen molar-refractivity contribution in [3.8, 4) is 0 Å². The first-order valence-corrected chi connectivity index (χ1v) is 4.23. The minimum Gasteiger partial charge on any atom is -0.550 e. The van der Waals surface area contributed by atoms with Crippen LogP contribution >= 0.6 is 12.2 Å². The molecule has 1 heterocycles. The summed E-state index contributed by atoms with van der Waals surface area (Å²) in [6.45, 7) is 1.80. The number of carbonyl (C=O) groups excluding carboxylic acids is 1. The molecule has 0 aromatic rings. The zero-order valence-electron chi connectivity index (χ0n) is 7.14. The predicted molar refractivity (Wildman–Crippen MR) is 47.8 cm³/mol. The highest BCUT2D eigenvalue weighted by molar-refractivity contribution is 7.80. The fourth-order valence-corrected chi connectivity index (χ4v) is 1.03. The fraction of sp³-hybridized carbons (Fsp3) is 0.667. The molecule has 1 rings (SSSR count). The van der Waals surface area contributed by atoms with E-state index in [9.17, 15) is 9.90 Å². The molecule has 0 bridgehead atoms. The molecule has 0 aromatic carbocycles. The molecule has 74 valence electrons. The van der Waals surface area contributed by atoms with E-state index < -0.39 is 11.6 Å². The number of nitrogens with one attached hydrogen (secondary N) is 4. The molecular formula is C6H11N4O2S-. The molecule has 4 N–H and O–H groups in total. The zero-order chi connectivity index (χ0) is 9.90. The van der Waals surface area contributed by atoms with Crippen LogP contribution in [0.15, 0.2) is 0 Å². The summed E-state index contributed by atoms with van der Waals surface area (Å²) in [5, 5.41) is 10.6. The third-order valence-electron chi connectivity index (χ3n) is 1.73. The standard InChI is InChI=1S/C6H12N4O2S/c1-6(3-2-4(11)12)9-7-5(13)8-10-6/h9-10H,2-3H2,1H3,(H,11,12)(H2,7,8,13)/p-1. The van der Waals surface area contributed by atoms with E-state index in [-0.39, 0.29) is 6.42 Å². The van der Waals surface area contributed by atoms with Crippen molar-refractivity contribution < 1.29 is 9.90 Å². The maximum Gasteiger partial charge on any atom is 0.195 e. The SMILES string of the molecule is CC1(CCC(=O)[O-])NNC(=S)NN1. The first-order chi connectivity index (χ1) is 6.02. The maximum atomic E-state index is 10.2. The Bertz CT molecular complexity index is 223. The molecule has 0 spiro atoms. The van der Waals surface area contributed by atoms with Gasteiger partial charge in [-0.2, -0.15) is 0 Å². The summed E-state index contributed by atoms with van der Waals surface area (Å²) in [6.07, 6.45) is 0.366. The molecule has 0 amide bonds. The highest BCUT2D eigenvalue weighted by atomic mass is 32.1. The molecule has 0 aliphatic carbocycles. The van der Waals surface area contributed by atoms with E-state index in [1.54, 1.807) is 6.92 Å². The highest BCUT2D eigenvalue weighted by Gasteiger charge is 2.26. The highest BCUT2D eigenvalue weighted by Crippen LogP contribution is 2.07. The average Bonchev–Trinajstić information content (AvgIpc) is 2.08. The Balaban J connectivity index is 2.38. The quantitative estimate of drug-likeness (QED) is 0.384. The van der Waals surface area contributed by atoms with E-state index in [0.717, 1.165) is 0 Å². The molecular weight excluding hydrogens is 192 g/mol. The van der Waals surface area contributed by atoms with E-state index in [4.69, 9.17) is 12.2 Å². The number of thiocarbonyl (C=S) groups is 1. The Hall–Kier alpha value is -0.920. The minimum absolute atomic E-state index is 0.0212. The van der Waals surface area contributed by atoms with Gasteiger partial charge in [0.1, 0.15) is 5.66 Å². The normalized spacial score (nSPS) is 20.2. The van der Waals surface area contributed by atoms with E-state index in [1.165, 1.54) is 0 Å². The maximum absolute atomic E-state index is 10.2. The van der Waals surface area contributed by atoms with Gasteiger partial charge in [-0.05, 0) is 32.0 Å². The van der Waals surface area contributed by atoms with Crippen molar-refractivity contribution in [2.75, 3.05) is 0 Å². The van der Waals surface area contributed by atoms with Crippen LogP contribution in [0.3, 0.4) is 0 Å². The molecule has 13 heavy (non-hydrogen) atoms. The Morgan fingerprint density at radius 2 is 2.08 bits per heavy atom. The van der Waals surface area contributed by atoms with Gasteiger partial charge in [-0.1, -0.05) is 0 Å². The summed E-state index contributed by atoms with van der Waals surface area (Å²) in [6, 6.07) is 0. The lowest BCUT2D eigenvalue weighted by Gasteiger charge is -2.37. The largest absolute Gasteiger partial charge is 0.550 e. The Morgan fingerprint density at radius 3 is 2.54 bits per heavy atom. The van der Waals surface area contributed by atoms with Gasteiger partial charge in [0.25, 0.3) is 0 Å². The first-order valence-electron chi connectivity index (χ1n) is 3.82. The van der Waals surface area contributed by atoms with Gasteiger partial charge in [0.15, 0.2) is 5.11 Å². The van der Waals surface area contributed by atoms with Gasteiger partial charge in [0.2, 0.25) is 0 Å². The number of hydrazine groups is 2. The molecule has 1 saturated heterocycles. The fourth-order valence-electron chi connectivity index (χ4n) is 0.929. The summed E-state index contributed by atoms with van der Waals surface area (Å²) >= 11 is 4.77. The summed E-state index contributed by atoms with van der Waals surface area (Å²) < 4.78 is 0. The monoisotopic (exact) mass is 203 g/mol. The zero-order valence-corrected chi connectivity index (χ0v) is 7.96. The van der Waals surface area contributed by atoms with E-state index in [2.05, 4.69) is 21.7 Å². The number of carboxylic acids is 1. The summed E-state index contributed by atoms with van der Waals surface area (Å²) in [5.41, 5.74) is 10.5. The molecule has 7 heteroatoms. The van der Waals surface area contributed by atoms with E-state index >= 15 is 0 Å².